The van der Waals surface area contributed by atoms with Crippen molar-refractivity contribution in [2.24, 2.45) is 5.73 Å². The van der Waals surface area contributed by atoms with Crippen molar-refractivity contribution < 1.29 is 4.74 Å². The molecule has 1 fully saturated rings. The van der Waals surface area contributed by atoms with Crippen molar-refractivity contribution in [3.8, 4) is 0 Å². The summed E-state index contributed by atoms with van der Waals surface area (Å²) in [5.41, 5.74) is 5.42. The van der Waals surface area contributed by atoms with Gasteiger partial charge in [-0.15, -0.1) is 0 Å². The maximum absolute atomic E-state index is 5.52. The normalized spacial score (nSPS) is 21.6. The van der Waals surface area contributed by atoms with Gasteiger partial charge in [0.05, 0.1) is 6.10 Å². The molecule has 0 aromatic rings. The van der Waals surface area contributed by atoms with Gasteiger partial charge in [-0.05, 0) is 38.8 Å². The molecule has 3 N–H and O–H groups in total. The largest absolute Gasteiger partial charge is 0.377 e. The van der Waals surface area contributed by atoms with Crippen LogP contribution in [0, 0.1) is 0 Å². The molecular formula is C11H24N2O. The van der Waals surface area contributed by atoms with E-state index in [1.54, 1.807) is 0 Å². The van der Waals surface area contributed by atoms with Crippen molar-refractivity contribution in [1.82, 2.24) is 5.32 Å². The lowest BCUT2D eigenvalue weighted by atomic mass is 10.2. The molecule has 0 radical (unpaired) electrons. The van der Waals surface area contributed by atoms with Crippen molar-refractivity contribution in [2.75, 3.05) is 26.2 Å². The van der Waals surface area contributed by atoms with Gasteiger partial charge in [0.1, 0.15) is 0 Å². The third kappa shape index (κ3) is 5.58. The van der Waals surface area contributed by atoms with E-state index in [1.165, 1.54) is 38.5 Å². The number of hydrogen-bond donors (Lipinski definition) is 2. The molecule has 0 aromatic heterocycles. The summed E-state index contributed by atoms with van der Waals surface area (Å²) in [7, 11) is 0. The maximum atomic E-state index is 5.52. The van der Waals surface area contributed by atoms with Gasteiger partial charge in [-0.1, -0.05) is 12.8 Å². The molecule has 1 aliphatic rings. The molecule has 0 saturated carbocycles. The molecule has 3 heteroatoms. The van der Waals surface area contributed by atoms with Crippen molar-refractivity contribution in [3.63, 3.8) is 0 Å². The number of unbranched alkanes of at least 4 members (excludes halogenated alkanes) is 3. The van der Waals surface area contributed by atoms with Crippen molar-refractivity contribution in [2.45, 2.75) is 44.6 Å². The Morgan fingerprint density at radius 3 is 2.79 bits per heavy atom. The molecule has 0 bridgehead atoms. The van der Waals surface area contributed by atoms with Gasteiger partial charge in [-0.2, -0.15) is 0 Å². The fourth-order valence-electron chi connectivity index (χ4n) is 1.82. The predicted molar refractivity (Wildman–Crippen MR) is 59.4 cm³/mol. The SMILES string of the molecule is NCCCCCCNCC1CCCO1. The second kappa shape index (κ2) is 8.21. The zero-order valence-corrected chi connectivity index (χ0v) is 9.13. The van der Waals surface area contributed by atoms with Gasteiger partial charge < -0.3 is 15.8 Å². The number of rotatable bonds is 8. The molecule has 1 atom stereocenters. The Balaban J connectivity index is 1.75. The van der Waals surface area contributed by atoms with Gasteiger partial charge in [0, 0.05) is 13.2 Å². The highest BCUT2D eigenvalue weighted by Crippen LogP contribution is 2.10. The minimum absolute atomic E-state index is 0.485. The van der Waals surface area contributed by atoms with Crippen LogP contribution in [0.5, 0.6) is 0 Å². The van der Waals surface area contributed by atoms with E-state index in [-0.39, 0.29) is 0 Å². The van der Waals surface area contributed by atoms with Crippen LogP contribution in [0.25, 0.3) is 0 Å². The summed E-state index contributed by atoms with van der Waals surface area (Å²) in [6.07, 6.45) is 7.98. The van der Waals surface area contributed by atoms with Gasteiger partial charge in [0.25, 0.3) is 0 Å². The summed E-state index contributed by atoms with van der Waals surface area (Å²) in [6.45, 7) is 3.97. The zero-order chi connectivity index (χ0) is 10.1. The molecule has 0 amide bonds. The number of hydrogen-bond acceptors (Lipinski definition) is 3. The van der Waals surface area contributed by atoms with E-state index in [9.17, 15) is 0 Å². The Hall–Kier alpha value is -0.120. The second-order valence-electron chi connectivity index (χ2n) is 4.04. The first-order chi connectivity index (χ1) is 6.93. The first-order valence-corrected chi connectivity index (χ1v) is 5.96. The van der Waals surface area contributed by atoms with Crippen LogP contribution in [-0.2, 0) is 4.74 Å². The van der Waals surface area contributed by atoms with Gasteiger partial charge in [0.15, 0.2) is 0 Å². The van der Waals surface area contributed by atoms with Crippen LogP contribution in [0.3, 0.4) is 0 Å². The lowest BCUT2D eigenvalue weighted by molar-refractivity contribution is 0.110. The first kappa shape index (κ1) is 12.0. The number of nitrogens with one attached hydrogen (secondary N) is 1. The fraction of sp³-hybridized carbons (Fsp3) is 1.00. The summed E-state index contributed by atoms with van der Waals surface area (Å²) >= 11 is 0. The Morgan fingerprint density at radius 2 is 2.07 bits per heavy atom. The highest BCUT2D eigenvalue weighted by molar-refractivity contribution is 4.67. The van der Waals surface area contributed by atoms with Crippen LogP contribution >= 0.6 is 0 Å². The van der Waals surface area contributed by atoms with E-state index in [2.05, 4.69) is 5.32 Å². The first-order valence-electron chi connectivity index (χ1n) is 5.96. The van der Waals surface area contributed by atoms with Gasteiger partial charge in [-0.25, -0.2) is 0 Å². The maximum Gasteiger partial charge on any atom is 0.0700 e. The quantitative estimate of drug-likeness (QED) is 0.580. The summed E-state index contributed by atoms with van der Waals surface area (Å²) in [6, 6.07) is 0. The van der Waals surface area contributed by atoms with Crippen molar-refractivity contribution in [1.29, 1.82) is 0 Å². The molecule has 14 heavy (non-hydrogen) atoms. The minimum Gasteiger partial charge on any atom is -0.377 e. The van der Waals surface area contributed by atoms with E-state index in [4.69, 9.17) is 10.5 Å². The van der Waals surface area contributed by atoms with Crippen LogP contribution in [0.1, 0.15) is 38.5 Å². The molecule has 3 nitrogen and oxygen atoms in total. The Morgan fingerprint density at radius 1 is 1.21 bits per heavy atom. The fourth-order valence-corrected chi connectivity index (χ4v) is 1.82. The smallest absolute Gasteiger partial charge is 0.0700 e. The summed E-state index contributed by atoms with van der Waals surface area (Å²) in [4.78, 5) is 0. The number of nitrogens with two attached hydrogens (primary N) is 1. The van der Waals surface area contributed by atoms with Gasteiger partial charge in [0.2, 0.25) is 0 Å². The molecule has 1 heterocycles. The Kier molecular flexibility index (Phi) is 7.01. The topological polar surface area (TPSA) is 47.3 Å². The molecule has 0 aromatic carbocycles. The van der Waals surface area contributed by atoms with Crippen molar-refractivity contribution >= 4 is 0 Å². The van der Waals surface area contributed by atoms with Crippen molar-refractivity contribution in [3.05, 3.63) is 0 Å². The standard InChI is InChI=1S/C11H24N2O/c12-7-3-1-2-4-8-13-10-11-6-5-9-14-11/h11,13H,1-10,12H2. The highest BCUT2D eigenvalue weighted by Gasteiger charge is 2.13. The molecule has 1 rings (SSSR count). The molecule has 1 saturated heterocycles. The molecule has 0 spiro atoms. The number of ether oxygens (including phenoxy) is 1. The molecule has 84 valence electrons. The monoisotopic (exact) mass is 200 g/mol. The van der Waals surface area contributed by atoms with Gasteiger partial charge in [-0.3, -0.25) is 0 Å². The van der Waals surface area contributed by atoms with Crippen LogP contribution in [0.4, 0.5) is 0 Å². The third-order valence-corrected chi connectivity index (χ3v) is 2.70. The summed E-state index contributed by atoms with van der Waals surface area (Å²) < 4.78 is 5.52. The van der Waals surface area contributed by atoms with Crippen LogP contribution in [0.15, 0.2) is 0 Å². The van der Waals surface area contributed by atoms with Crippen LogP contribution < -0.4 is 11.1 Å². The third-order valence-electron chi connectivity index (χ3n) is 2.70. The van der Waals surface area contributed by atoms with E-state index in [0.29, 0.717) is 6.10 Å². The van der Waals surface area contributed by atoms with Gasteiger partial charge >= 0.3 is 0 Å². The lowest BCUT2D eigenvalue weighted by Crippen LogP contribution is -2.26. The highest BCUT2D eigenvalue weighted by atomic mass is 16.5. The molecule has 1 aliphatic heterocycles. The van der Waals surface area contributed by atoms with E-state index in [1.807, 2.05) is 0 Å². The summed E-state index contributed by atoms with van der Waals surface area (Å²) in [5, 5.41) is 3.45. The predicted octanol–water partition coefficient (Wildman–Crippen LogP) is 1.27. The average Bonchev–Trinajstić information content (AvgIpc) is 2.69. The zero-order valence-electron chi connectivity index (χ0n) is 9.13. The Bertz CT molecular complexity index is 124. The summed E-state index contributed by atoms with van der Waals surface area (Å²) in [5.74, 6) is 0. The van der Waals surface area contributed by atoms with Crippen LogP contribution in [0.2, 0.25) is 0 Å². The second-order valence-corrected chi connectivity index (χ2v) is 4.04. The van der Waals surface area contributed by atoms with E-state index in [0.717, 1.165) is 26.2 Å². The molecule has 1 unspecified atom stereocenters. The minimum atomic E-state index is 0.485. The molecular weight excluding hydrogens is 176 g/mol. The molecule has 0 aliphatic carbocycles. The average molecular weight is 200 g/mol. The van der Waals surface area contributed by atoms with E-state index < -0.39 is 0 Å². The van der Waals surface area contributed by atoms with Crippen LogP contribution in [-0.4, -0.2) is 32.3 Å². The van der Waals surface area contributed by atoms with E-state index >= 15 is 0 Å². The lowest BCUT2D eigenvalue weighted by Gasteiger charge is -2.10. The Labute approximate surface area is 87.4 Å².